The Kier molecular flexibility index (Phi) is 5.90. The lowest BCUT2D eigenvalue weighted by Gasteiger charge is -2.17. The van der Waals surface area contributed by atoms with Crippen LogP contribution in [0.25, 0.3) is 0 Å². The summed E-state index contributed by atoms with van der Waals surface area (Å²) < 4.78 is 5.75. The van der Waals surface area contributed by atoms with Crippen LogP contribution in [-0.4, -0.2) is 17.8 Å². The van der Waals surface area contributed by atoms with Crippen molar-refractivity contribution in [2.24, 2.45) is 0 Å². The highest BCUT2D eigenvalue weighted by Gasteiger charge is 2.17. The molecule has 0 radical (unpaired) electrons. The first-order chi connectivity index (χ1) is 13.5. The van der Waals surface area contributed by atoms with Gasteiger partial charge in [0.15, 0.2) is 11.9 Å². The Morgan fingerprint density at radius 3 is 1.96 bits per heavy atom. The number of para-hydroxylation sites is 1. The predicted octanol–water partition coefficient (Wildman–Crippen LogP) is 4.94. The zero-order valence-corrected chi connectivity index (χ0v) is 16.2. The number of anilines is 1. The number of amides is 1. The minimum atomic E-state index is -0.672. The number of nitrogens with one attached hydrogen (secondary N) is 1. The Bertz CT molecular complexity index is 958. The average molecular weight is 373 g/mol. The monoisotopic (exact) mass is 373 g/mol. The van der Waals surface area contributed by atoms with E-state index in [0.717, 1.165) is 16.8 Å². The fourth-order valence-corrected chi connectivity index (χ4v) is 2.94. The zero-order chi connectivity index (χ0) is 20.1. The molecule has 3 aromatic carbocycles. The summed E-state index contributed by atoms with van der Waals surface area (Å²) in [7, 11) is 0. The van der Waals surface area contributed by atoms with E-state index in [1.54, 1.807) is 43.3 Å². The molecule has 1 atom stereocenters. The Morgan fingerprint density at radius 1 is 0.786 bits per heavy atom. The molecule has 3 rings (SSSR count). The lowest BCUT2D eigenvalue weighted by atomic mass is 10.0. The molecule has 0 saturated heterocycles. The van der Waals surface area contributed by atoms with E-state index >= 15 is 0 Å². The van der Waals surface area contributed by atoms with Crippen molar-refractivity contribution in [3.63, 3.8) is 0 Å². The number of ketones is 1. The topological polar surface area (TPSA) is 55.4 Å². The maximum Gasteiger partial charge on any atom is 0.265 e. The summed E-state index contributed by atoms with van der Waals surface area (Å²) in [5.41, 5.74) is 4.03. The molecule has 0 aromatic heterocycles. The first-order valence-electron chi connectivity index (χ1n) is 9.19. The molecule has 0 aliphatic carbocycles. The van der Waals surface area contributed by atoms with Crippen molar-refractivity contribution in [1.82, 2.24) is 0 Å². The fraction of sp³-hybridized carbons (Fsp3) is 0.167. The Hall–Kier alpha value is -3.40. The van der Waals surface area contributed by atoms with Crippen molar-refractivity contribution in [2.75, 3.05) is 5.32 Å². The summed E-state index contributed by atoms with van der Waals surface area (Å²) in [5, 5.41) is 2.93. The largest absolute Gasteiger partial charge is 0.481 e. The Balaban J connectivity index is 1.65. The predicted molar refractivity (Wildman–Crippen MR) is 111 cm³/mol. The second-order valence-corrected chi connectivity index (χ2v) is 6.74. The maximum absolute atomic E-state index is 12.5. The number of hydrogen-bond acceptors (Lipinski definition) is 3. The van der Waals surface area contributed by atoms with Crippen LogP contribution in [0.15, 0.2) is 72.8 Å². The van der Waals surface area contributed by atoms with E-state index in [1.165, 1.54) is 0 Å². The average Bonchev–Trinajstić information content (AvgIpc) is 2.71. The van der Waals surface area contributed by atoms with E-state index in [0.29, 0.717) is 16.9 Å². The van der Waals surface area contributed by atoms with Gasteiger partial charge in [0.05, 0.1) is 0 Å². The number of aryl methyl sites for hydroxylation is 2. The minimum absolute atomic E-state index is 0.0482. The van der Waals surface area contributed by atoms with Crippen LogP contribution in [0.5, 0.6) is 5.75 Å². The van der Waals surface area contributed by atoms with Crippen LogP contribution in [0.2, 0.25) is 0 Å². The summed E-state index contributed by atoms with van der Waals surface area (Å²) in [6.07, 6.45) is -0.672. The molecule has 1 N–H and O–H groups in total. The van der Waals surface area contributed by atoms with Gasteiger partial charge in [-0.3, -0.25) is 9.59 Å². The summed E-state index contributed by atoms with van der Waals surface area (Å²) in [4.78, 5) is 24.9. The second kappa shape index (κ2) is 8.53. The van der Waals surface area contributed by atoms with Gasteiger partial charge < -0.3 is 10.1 Å². The first-order valence-corrected chi connectivity index (χ1v) is 9.19. The molecule has 4 heteroatoms. The Morgan fingerprint density at radius 2 is 1.36 bits per heavy atom. The molecular formula is C24H23NO3. The van der Waals surface area contributed by atoms with Crippen molar-refractivity contribution in [3.8, 4) is 5.75 Å². The minimum Gasteiger partial charge on any atom is -0.481 e. The van der Waals surface area contributed by atoms with Crippen LogP contribution in [0.1, 0.15) is 34.0 Å². The smallest absolute Gasteiger partial charge is 0.265 e. The van der Waals surface area contributed by atoms with Gasteiger partial charge in [-0.2, -0.15) is 0 Å². The molecule has 0 spiro atoms. The number of carbonyl (C=O) groups is 2. The summed E-state index contributed by atoms with van der Waals surface area (Å²) in [6.45, 7) is 5.61. The molecule has 0 aliphatic rings. The highest BCUT2D eigenvalue weighted by molar-refractivity contribution is 6.09. The standard InChI is InChI=1S/C24H23NO3/c1-16-8-7-9-17(2)22(16)25-24(27)18(3)28-21-14-12-20(13-15-21)23(26)19-10-5-4-6-11-19/h4-15,18H,1-3H3,(H,25,27)/t18-/m1/s1. The van der Waals surface area contributed by atoms with Gasteiger partial charge in [-0.25, -0.2) is 0 Å². The van der Waals surface area contributed by atoms with Crippen LogP contribution >= 0.6 is 0 Å². The number of hydrogen-bond donors (Lipinski definition) is 1. The zero-order valence-electron chi connectivity index (χ0n) is 16.2. The van der Waals surface area contributed by atoms with Crippen molar-refractivity contribution in [3.05, 3.63) is 95.1 Å². The van der Waals surface area contributed by atoms with Crippen LogP contribution in [0, 0.1) is 13.8 Å². The summed E-state index contributed by atoms with van der Waals surface area (Å²) in [6, 6.07) is 21.8. The van der Waals surface area contributed by atoms with Crippen molar-refractivity contribution >= 4 is 17.4 Å². The van der Waals surface area contributed by atoms with E-state index < -0.39 is 6.10 Å². The third-order valence-corrected chi connectivity index (χ3v) is 4.56. The van der Waals surface area contributed by atoms with E-state index in [1.807, 2.05) is 50.2 Å². The van der Waals surface area contributed by atoms with Gasteiger partial charge in [0.1, 0.15) is 5.75 Å². The van der Waals surface area contributed by atoms with Gasteiger partial charge in [0, 0.05) is 16.8 Å². The highest BCUT2D eigenvalue weighted by Crippen LogP contribution is 2.21. The van der Waals surface area contributed by atoms with Gasteiger partial charge in [-0.1, -0.05) is 48.5 Å². The Labute approximate surface area is 165 Å². The van der Waals surface area contributed by atoms with E-state index in [2.05, 4.69) is 5.32 Å². The second-order valence-electron chi connectivity index (χ2n) is 6.74. The van der Waals surface area contributed by atoms with Crippen molar-refractivity contribution in [2.45, 2.75) is 26.9 Å². The lowest BCUT2D eigenvalue weighted by Crippen LogP contribution is -2.30. The molecule has 0 bridgehead atoms. The van der Waals surface area contributed by atoms with Gasteiger partial charge in [-0.15, -0.1) is 0 Å². The summed E-state index contributed by atoms with van der Waals surface area (Å²) >= 11 is 0. The molecule has 0 aliphatic heterocycles. The molecule has 4 nitrogen and oxygen atoms in total. The van der Waals surface area contributed by atoms with Crippen LogP contribution in [0.4, 0.5) is 5.69 Å². The van der Waals surface area contributed by atoms with Gasteiger partial charge in [0.25, 0.3) is 5.91 Å². The number of rotatable bonds is 6. The van der Waals surface area contributed by atoms with Crippen molar-refractivity contribution in [1.29, 1.82) is 0 Å². The molecule has 0 unspecified atom stereocenters. The number of benzene rings is 3. The van der Waals surface area contributed by atoms with Crippen LogP contribution < -0.4 is 10.1 Å². The van der Waals surface area contributed by atoms with Gasteiger partial charge >= 0.3 is 0 Å². The fourth-order valence-electron chi connectivity index (χ4n) is 2.94. The molecule has 1 amide bonds. The normalized spacial score (nSPS) is 11.5. The molecule has 28 heavy (non-hydrogen) atoms. The molecule has 142 valence electrons. The van der Waals surface area contributed by atoms with E-state index in [-0.39, 0.29) is 11.7 Å². The number of carbonyl (C=O) groups excluding carboxylic acids is 2. The first kappa shape index (κ1) is 19.4. The van der Waals surface area contributed by atoms with E-state index in [9.17, 15) is 9.59 Å². The third kappa shape index (κ3) is 4.46. The third-order valence-electron chi connectivity index (χ3n) is 4.56. The van der Waals surface area contributed by atoms with Gasteiger partial charge in [-0.05, 0) is 56.2 Å². The maximum atomic E-state index is 12.5. The molecule has 3 aromatic rings. The van der Waals surface area contributed by atoms with E-state index in [4.69, 9.17) is 4.74 Å². The lowest BCUT2D eigenvalue weighted by molar-refractivity contribution is -0.122. The van der Waals surface area contributed by atoms with Gasteiger partial charge in [0.2, 0.25) is 0 Å². The van der Waals surface area contributed by atoms with Crippen LogP contribution in [0.3, 0.4) is 0 Å². The molecule has 0 heterocycles. The van der Waals surface area contributed by atoms with Crippen molar-refractivity contribution < 1.29 is 14.3 Å². The highest BCUT2D eigenvalue weighted by atomic mass is 16.5. The quantitative estimate of drug-likeness (QED) is 0.623. The molecule has 0 saturated carbocycles. The van der Waals surface area contributed by atoms with Crippen LogP contribution in [-0.2, 0) is 4.79 Å². The summed E-state index contributed by atoms with van der Waals surface area (Å²) in [5.74, 6) is 0.267. The number of ether oxygens (including phenoxy) is 1. The molecular weight excluding hydrogens is 350 g/mol. The SMILES string of the molecule is Cc1cccc(C)c1NC(=O)[C@@H](C)Oc1ccc(C(=O)c2ccccc2)cc1. The molecule has 0 fully saturated rings.